The number of amides is 1. The molecule has 1 aromatic carbocycles. The Balaban J connectivity index is 2.33. The van der Waals surface area contributed by atoms with Crippen LogP contribution >= 0.6 is 12.6 Å². The Morgan fingerprint density at radius 1 is 1.25 bits per heavy atom. The van der Waals surface area contributed by atoms with E-state index in [4.69, 9.17) is 0 Å². The highest BCUT2D eigenvalue weighted by Crippen LogP contribution is 2.12. The van der Waals surface area contributed by atoms with E-state index in [0.717, 1.165) is 17.9 Å². The zero-order chi connectivity index (χ0) is 11.8. The minimum absolute atomic E-state index is 0.0258. The first-order valence-corrected chi connectivity index (χ1v) is 6.26. The fourth-order valence-corrected chi connectivity index (χ4v) is 1.78. The van der Waals surface area contributed by atoms with Crippen molar-refractivity contribution in [3.05, 3.63) is 29.8 Å². The van der Waals surface area contributed by atoms with Crippen LogP contribution in [0.15, 0.2) is 29.2 Å². The number of hydrogen-bond acceptors (Lipinski definition) is 2. The number of thiol groups is 1. The van der Waals surface area contributed by atoms with Gasteiger partial charge in [0.1, 0.15) is 0 Å². The maximum atomic E-state index is 11.7. The third-order valence-corrected chi connectivity index (χ3v) is 2.85. The molecule has 3 heteroatoms. The van der Waals surface area contributed by atoms with Gasteiger partial charge in [0.15, 0.2) is 0 Å². The molecule has 0 bridgehead atoms. The molecular formula is C13H19NOS. The lowest BCUT2D eigenvalue weighted by Gasteiger charge is -2.06. The molecule has 0 heterocycles. The van der Waals surface area contributed by atoms with Gasteiger partial charge in [0.05, 0.1) is 5.56 Å². The van der Waals surface area contributed by atoms with Crippen molar-refractivity contribution in [3.8, 4) is 0 Å². The number of rotatable bonds is 6. The summed E-state index contributed by atoms with van der Waals surface area (Å²) in [6.45, 7) is 2.93. The van der Waals surface area contributed by atoms with Gasteiger partial charge in [-0.2, -0.15) is 0 Å². The predicted octanol–water partition coefficient (Wildman–Crippen LogP) is 3.29. The summed E-state index contributed by atoms with van der Waals surface area (Å²) < 4.78 is 0. The van der Waals surface area contributed by atoms with E-state index < -0.39 is 0 Å². The Morgan fingerprint density at radius 3 is 2.69 bits per heavy atom. The molecule has 0 unspecified atom stereocenters. The molecule has 0 radical (unpaired) electrons. The fraction of sp³-hybridized carbons (Fsp3) is 0.462. The van der Waals surface area contributed by atoms with E-state index in [9.17, 15) is 4.79 Å². The topological polar surface area (TPSA) is 29.1 Å². The molecule has 0 saturated heterocycles. The molecule has 1 rings (SSSR count). The van der Waals surface area contributed by atoms with E-state index in [1.807, 2.05) is 18.2 Å². The molecule has 0 aromatic heterocycles. The Morgan fingerprint density at radius 2 is 2.00 bits per heavy atom. The average Bonchev–Trinajstić information content (AvgIpc) is 2.29. The Hall–Kier alpha value is -0.960. The van der Waals surface area contributed by atoms with E-state index >= 15 is 0 Å². The summed E-state index contributed by atoms with van der Waals surface area (Å²) in [5.41, 5.74) is 0.654. The number of hydrogen-bond donors (Lipinski definition) is 2. The highest BCUT2D eigenvalue weighted by Gasteiger charge is 2.06. The fourth-order valence-electron chi connectivity index (χ4n) is 1.51. The lowest BCUT2D eigenvalue weighted by molar-refractivity contribution is 0.0950. The molecule has 1 aromatic rings. The van der Waals surface area contributed by atoms with Crippen LogP contribution in [0.2, 0.25) is 0 Å². The van der Waals surface area contributed by atoms with E-state index in [1.165, 1.54) is 19.3 Å². The monoisotopic (exact) mass is 237 g/mol. The van der Waals surface area contributed by atoms with Gasteiger partial charge in [0.2, 0.25) is 0 Å². The molecule has 0 atom stereocenters. The third-order valence-electron chi connectivity index (χ3n) is 2.46. The molecule has 88 valence electrons. The van der Waals surface area contributed by atoms with Crippen molar-refractivity contribution in [2.45, 2.75) is 37.5 Å². The van der Waals surface area contributed by atoms with Crippen LogP contribution in [0.3, 0.4) is 0 Å². The van der Waals surface area contributed by atoms with Crippen molar-refractivity contribution in [1.82, 2.24) is 5.32 Å². The standard InChI is InChI=1S/C13H19NOS/c1-2-3-4-7-10-14-13(15)11-8-5-6-9-12(11)16/h5-6,8-9,16H,2-4,7,10H2,1H3,(H,14,15). The first-order valence-electron chi connectivity index (χ1n) is 5.82. The average molecular weight is 237 g/mol. The summed E-state index contributed by atoms with van der Waals surface area (Å²) in [7, 11) is 0. The Kier molecular flexibility index (Phi) is 6.01. The maximum Gasteiger partial charge on any atom is 0.252 e. The molecule has 0 fully saturated rings. The zero-order valence-electron chi connectivity index (χ0n) is 9.70. The molecule has 2 nitrogen and oxygen atoms in total. The summed E-state index contributed by atoms with van der Waals surface area (Å²) in [6.07, 6.45) is 4.68. The minimum atomic E-state index is -0.0258. The van der Waals surface area contributed by atoms with E-state index in [0.29, 0.717) is 5.56 Å². The number of carbonyl (C=O) groups excluding carboxylic acids is 1. The molecule has 16 heavy (non-hydrogen) atoms. The lowest BCUT2D eigenvalue weighted by atomic mass is 10.2. The van der Waals surface area contributed by atoms with Crippen LogP contribution in [0.25, 0.3) is 0 Å². The van der Waals surface area contributed by atoms with Gasteiger partial charge in [-0.3, -0.25) is 4.79 Å². The molecule has 0 saturated carbocycles. The summed E-state index contributed by atoms with van der Waals surface area (Å²) in [5, 5.41) is 2.91. The van der Waals surface area contributed by atoms with Crippen molar-refractivity contribution in [1.29, 1.82) is 0 Å². The van der Waals surface area contributed by atoms with Crippen molar-refractivity contribution < 1.29 is 4.79 Å². The normalized spacial score (nSPS) is 10.1. The number of nitrogens with one attached hydrogen (secondary N) is 1. The van der Waals surface area contributed by atoms with E-state index in [-0.39, 0.29) is 5.91 Å². The van der Waals surface area contributed by atoms with Crippen LogP contribution in [-0.4, -0.2) is 12.5 Å². The number of carbonyl (C=O) groups is 1. The Labute approximate surface area is 103 Å². The van der Waals surface area contributed by atoms with Gasteiger partial charge in [-0.15, -0.1) is 12.6 Å². The highest BCUT2D eigenvalue weighted by molar-refractivity contribution is 7.80. The van der Waals surface area contributed by atoms with Crippen LogP contribution < -0.4 is 5.32 Å². The summed E-state index contributed by atoms with van der Waals surface area (Å²) in [6, 6.07) is 7.35. The predicted molar refractivity (Wildman–Crippen MR) is 70.2 cm³/mol. The molecule has 0 spiro atoms. The zero-order valence-corrected chi connectivity index (χ0v) is 10.6. The lowest BCUT2D eigenvalue weighted by Crippen LogP contribution is -2.24. The molecule has 0 aliphatic carbocycles. The van der Waals surface area contributed by atoms with Gasteiger partial charge in [0.25, 0.3) is 5.91 Å². The second kappa shape index (κ2) is 7.34. The van der Waals surface area contributed by atoms with E-state index in [2.05, 4.69) is 24.9 Å². The number of unbranched alkanes of at least 4 members (excludes halogenated alkanes) is 3. The molecular weight excluding hydrogens is 218 g/mol. The van der Waals surface area contributed by atoms with Gasteiger partial charge in [-0.1, -0.05) is 38.3 Å². The van der Waals surface area contributed by atoms with Gasteiger partial charge in [0, 0.05) is 11.4 Å². The first-order chi connectivity index (χ1) is 7.75. The SMILES string of the molecule is CCCCCCNC(=O)c1ccccc1S. The van der Waals surface area contributed by atoms with Crippen molar-refractivity contribution in [2.24, 2.45) is 0 Å². The smallest absolute Gasteiger partial charge is 0.252 e. The van der Waals surface area contributed by atoms with Gasteiger partial charge < -0.3 is 5.32 Å². The van der Waals surface area contributed by atoms with Crippen molar-refractivity contribution >= 4 is 18.5 Å². The third kappa shape index (κ3) is 4.27. The summed E-state index contributed by atoms with van der Waals surface area (Å²) in [5.74, 6) is -0.0258. The minimum Gasteiger partial charge on any atom is -0.352 e. The van der Waals surface area contributed by atoms with Crippen LogP contribution in [0, 0.1) is 0 Å². The van der Waals surface area contributed by atoms with Crippen LogP contribution in [-0.2, 0) is 0 Å². The second-order valence-corrected chi connectivity index (χ2v) is 4.32. The van der Waals surface area contributed by atoms with Crippen LogP contribution in [0.5, 0.6) is 0 Å². The highest BCUT2D eigenvalue weighted by atomic mass is 32.1. The van der Waals surface area contributed by atoms with Gasteiger partial charge in [-0.25, -0.2) is 0 Å². The largest absolute Gasteiger partial charge is 0.352 e. The maximum absolute atomic E-state index is 11.7. The van der Waals surface area contributed by atoms with Crippen LogP contribution in [0.1, 0.15) is 43.0 Å². The van der Waals surface area contributed by atoms with Gasteiger partial charge >= 0.3 is 0 Å². The van der Waals surface area contributed by atoms with Crippen molar-refractivity contribution in [2.75, 3.05) is 6.54 Å². The quantitative estimate of drug-likeness (QED) is 0.577. The van der Waals surface area contributed by atoms with Crippen molar-refractivity contribution in [3.63, 3.8) is 0 Å². The first kappa shape index (κ1) is 13.1. The molecule has 1 amide bonds. The summed E-state index contributed by atoms with van der Waals surface area (Å²) in [4.78, 5) is 12.5. The Bertz CT molecular complexity index is 338. The molecule has 0 aliphatic heterocycles. The second-order valence-electron chi connectivity index (χ2n) is 3.83. The number of benzene rings is 1. The van der Waals surface area contributed by atoms with Gasteiger partial charge in [-0.05, 0) is 18.6 Å². The summed E-state index contributed by atoms with van der Waals surface area (Å²) >= 11 is 4.25. The molecule has 0 aliphatic rings. The molecule has 1 N–H and O–H groups in total. The van der Waals surface area contributed by atoms with Crippen LogP contribution in [0.4, 0.5) is 0 Å². The van der Waals surface area contributed by atoms with E-state index in [1.54, 1.807) is 6.07 Å².